The van der Waals surface area contributed by atoms with Gasteiger partial charge in [-0.1, -0.05) is 6.92 Å². The topological polar surface area (TPSA) is 49.4 Å². The van der Waals surface area contributed by atoms with E-state index in [1.54, 1.807) is 6.07 Å². The van der Waals surface area contributed by atoms with Crippen LogP contribution in [0.15, 0.2) is 40.6 Å². The van der Waals surface area contributed by atoms with Gasteiger partial charge in [-0.25, -0.2) is 8.42 Å². The molecule has 0 aliphatic carbocycles. The minimum Gasteiger partial charge on any atom is -0.372 e. The molecule has 3 rings (SSSR count). The molecule has 22 heavy (non-hydrogen) atoms. The maximum atomic E-state index is 12.4. The van der Waals surface area contributed by atoms with E-state index < -0.39 is 10.0 Å². The van der Waals surface area contributed by atoms with Crippen LogP contribution in [0.4, 0.5) is 11.4 Å². The summed E-state index contributed by atoms with van der Waals surface area (Å²) in [7, 11) is -3.48. The first-order chi connectivity index (χ1) is 10.6. The van der Waals surface area contributed by atoms with E-state index in [0.29, 0.717) is 9.90 Å². The lowest BCUT2D eigenvalue weighted by Gasteiger charge is -2.17. The Labute approximate surface area is 135 Å². The van der Waals surface area contributed by atoms with Crippen LogP contribution in [0.1, 0.15) is 24.6 Å². The Morgan fingerprint density at radius 1 is 1.09 bits per heavy atom. The number of benzene rings is 1. The maximum Gasteiger partial charge on any atom is 0.271 e. The molecule has 4 nitrogen and oxygen atoms in total. The summed E-state index contributed by atoms with van der Waals surface area (Å²) in [6, 6.07) is 11.2. The van der Waals surface area contributed by atoms with Crippen LogP contribution >= 0.6 is 11.3 Å². The van der Waals surface area contributed by atoms with E-state index in [4.69, 9.17) is 0 Å². The average molecular weight is 336 g/mol. The summed E-state index contributed by atoms with van der Waals surface area (Å²) in [6.45, 7) is 4.19. The first-order valence-corrected chi connectivity index (χ1v) is 9.85. The monoisotopic (exact) mass is 336 g/mol. The van der Waals surface area contributed by atoms with Crippen molar-refractivity contribution in [2.75, 3.05) is 22.7 Å². The summed E-state index contributed by atoms with van der Waals surface area (Å²) >= 11 is 1.32. The number of anilines is 2. The number of hydrogen-bond donors (Lipinski definition) is 1. The van der Waals surface area contributed by atoms with Gasteiger partial charge in [0, 0.05) is 29.3 Å². The minimum absolute atomic E-state index is 0.368. The van der Waals surface area contributed by atoms with Crippen molar-refractivity contribution in [3.05, 3.63) is 41.3 Å². The van der Waals surface area contributed by atoms with Gasteiger partial charge in [0.15, 0.2) is 0 Å². The quantitative estimate of drug-likeness (QED) is 0.905. The molecular formula is C16H20N2O2S2. The fraction of sp³-hybridized carbons (Fsp3) is 0.375. The second-order valence-electron chi connectivity index (χ2n) is 5.42. The summed E-state index contributed by atoms with van der Waals surface area (Å²) in [4.78, 5) is 3.40. The number of aryl methyl sites for hydroxylation is 1. The lowest BCUT2D eigenvalue weighted by molar-refractivity contribution is 0.603. The minimum atomic E-state index is -3.48. The Bertz CT molecular complexity index is 730. The van der Waals surface area contributed by atoms with E-state index in [1.165, 1.54) is 24.2 Å². The Morgan fingerprint density at radius 2 is 1.77 bits per heavy atom. The van der Waals surface area contributed by atoms with Crippen LogP contribution in [0.2, 0.25) is 0 Å². The van der Waals surface area contributed by atoms with Gasteiger partial charge < -0.3 is 4.90 Å². The van der Waals surface area contributed by atoms with Crippen LogP contribution in [0.3, 0.4) is 0 Å². The summed E-state index contributed by atoms with van der Waals surface area (Å²) in [6.07, 6.45) is 3.31. The molecule has 1 aromatic heterocycles. The van der Waals surface area contributed by atoms with Crippen molar-refractivity contribution in [1.82, 2.24) is 0 Å². The summed E-state index contributed by atoms with van der Waals surface area (Å²) < 4.78 is 27.7. The smallest absolute Gasteiger partial charge is 0.271 e. The number of sulfonamides is 1. The summed E-state index contributed by atoms with van der Waals surface area (Å²) in [5.74, 6) is 0. The molecule has 1 fully saturated rings. The van der Waals surface area contributed by atoms with Crippen LogP contribution in [-0.2, 0) is 16.4 Å². The first kappa shape index (κ1) is 15.4. The number of nitrogens with one attached hydrogen (secondary N) is 1. The highest BCUT2D eigenvalue weighted by molar-refractivity contribution is 7.94. The Kier molecular flexibility index (Phi) is 4.40. The molecule has 2 heterocycles. The van der Waals surface area contributed by atoms with Gasteiger partial charge >= 0.3 is 0 Å². The molecule has 0 amide bonds. The highest BCUT2D eigenvalue weighted by Gasteiger charge is 2.17. The van der Waals surface area contributed by atoms with E-state index in [0.717, 1.165) is 30.1 Å². The molecule has 0 unspecified atom stereocenters. The SMILES string of the molecule is CCc1ccc(S(=O)(=O)Nc2ccc(N3CCCC3)cc2)s1. The predicted molar refractivity (Wildman–Crippen MR) is 92.4 cm³/mol. The number of hydrogen-bond acceptors (Lipinski definition) is 4. The van der Waals surface area contributed by atoms with Crippen LogP contribution in [0, 0.1) is 0 Å². The third kappa shape index (κ3) is 3.28. The van der Waals surface area contributed by atoms with Crippen molar-refractivity contribution in [3.63, 3.8) is 0 Å². The maximum absolute atomic E-state index is 12.4. The molecule has 0 bridgehead atoms. The third-order valence-electron chi connectivity index (χ3n) is 3.84. The molecule has 1 aliphatic rings. The van der Waals surface area contributed by atoms with Crippen molar-refractivity contribution >= 4 is 32.7 Å². The van der Waals surface area contributed by atoms with Crippen LogP contribution < -0.4 is 9.62 Å². The van der Waals surface area contributed by atoms with Gasteiger partial charge in [-0.3, -0.25) is 4.72 Å². The first-order valence-electron chi connectivity index (χ1n) is 7.55. The Hall–Kier alpha value is -1.53. The zero-order chi connectivity index (χ0) is 15.6. The van der Waals surface area contributed by atoms with Gasteiger partial charge in [-0.15, -0.1) is 11.3 Å². The van der Waals surface area contributed by atoms with Crippen molar-refractivity contribution in [1.29, 1.82) is 0 Å². The molecule has 0 atom stereocenters. The van der Waals surface area contributed by atoms with Crippen molar-refractivity contribution in [3.8, 4) is 0 Å². The van der Waals surface area contributed by atoms with Gasteiger partial charge in [-0.05, 0) is 55.7 Å². The van der Waals surface area contributed by atoms with E-state index >= 15 is 0 Å². The molecular weight excluding hydrogens is 316 g/mol. The highest BCUT2D eigenvalue weighted by Crippen LogP contribution is 2.26. The van der Waals surface area contributed by atoms with E-state index in [1.807, 2.05) is 37.3 Å². The zero-order valence-corrected chi connectivity index (χ0v) is 14.2. The van der Waals surface area contributed by atoms with E-state index in [9.17, 15) is 8.42 Å². The second-order valence-corrected chi connectivity index (χ2v) is 8.50. The molecule has 0 spiro atoms. The fourth-order valence-corrected chi connectivity index (χ4v) is 4.97. The fourth-order valence-electron chi connectivity index (χ4n) is 2.61. The van der Waals surface area contributed by atoms with Crippen molar-refractivity contribution in [2.24, 2.45) is 0 Å². The molecule has 0 saturated carbocycles. The van der Waals surface area contributed by atoms with Gasteiger partial charge in [0.05, 0.1) is 0 Å². The Morgan fingerprint density at radius 3 is 2.36 bits per heavy atom. The molecule has 1 N–H and O–H groups in total. The standard InChI is InChI=1S/C16H20N2O2S2/c1-2-15-9-10-16(21-15)22(19,20)17-13-5-7-14(8-6-13)18-11-3-4-12-18/h5-10,17H,2-4,11-12H2,1H3. The lowest BCUT2D eigenvalue weighted by Crippen LogP contribution is -2.17. The molecule has 1 saturated heterocycles. The number of nitrogens with zero attached hydrogens (tertiary/aromatic N) is 1. The van der Waals surface area contributed by atoms with E-state index in [2.05, 4.69) is 9.62 Å². The van der Waals surface area contributed by atoms with Gasteiger partial charge in [0.1, 0.15) is 4.21 Å². The predicted octanol–water partition coefficient (Wildman–Crippen LogP) is 3.71. The number of thiophene rings is 1. The van der Waals surface area contributed by atoms with Crippen LogP contribution in [0.5, 0.6) is 0 Å². The lowest BCUT2D eigenvalue weighted by atomic mass is 10.2. The normalized spacial score (nSPS) is 15.2. The molecule has 0 radical (unpaired) electrons. The van der Waals surface area contributed by atoms with Crippen LogP contribution in [-0.4, -0.2) is 21.5 Å². The zero-order valence-electron chi connectivity index (χ0n) is 12.6. The van der Waals surface area contributed by atoms with Gasteiger partial charge in [0.25, 0.3) is 10.0 Å². The molecule has 118 valence electrons. The highest BCUT2D eigenvalue weighted by atomic mass is 32.2. The number of rotatable bonds is 5. The summed E-state index contributed by atoms with van der Waals surface area (Å²) in [5.41, 5.74) is 1.76. The second kappa shape index (κ2) is 6.30. The van der Waals surface area contributed by atoms with Gasteiger partial charge in [0.2, 0.25) is 0 Å². The third-order valence-corrected chi connectivity index (χ3v) is 6.94. The Balaban J connectivity index is 1.74. The van der Waals surface area contributed by atoms with Gasteiger partial charge in [-0.2, -0.15) is 0 Å². The summed E-state index contributed by atoms with van der Waals surface area (Å²) in [5, 5.41) is 0. The van der Waals surface area contributed by atoms with Crippen molar-refractivity contribution in [2.45, 2.75) is 30.4 Å². The molecule has 2 aromatic rings. The average Bonchev–Trinajstić information content (AvgIpc) is 3.19. The molecule has 6 heteroatoms. The largest absolute Gasteiger partial charge is 0.372 e. The molecule has 1 aromatic carbocycles. The van der Waals surface area contributed by atoms with Crippen molar-refractivity contribution < 1.29 is 8.42 Å². The molecule has 1 aliphatic heterocycles. The van der Waals surface area contributed by atoms with E-state index in [-0.39, 0.29) is 0 Å². The van der Waals surface area contributed by atoms with Crippen LogP contribution in [0.25, 0.3) is 0 Å².